The van der Waals surface area contributed by atoms with Gasteiger partial charge in [0.1, 0.15) is 0 Å². The number of anilines is 1. The highest BCUT2D eigenvalue weighted by Crippen LogP contribution is 2.16. The first-order valence-corrected chi connectivity index (χ1v) is 6.90. The summed E-state index contributed by atoms with van der Waals surface area (Å²) in [4.78, 5) is 18.6. The first-order valence-electron chi connectivity index (χ1n) is 5.74. The lowest BCUT2D eigenvalue weighted by Gasteiger charge is -2.29. The van der Waals surface area contributed by atoms with E-state index in [0.717, 1.165) is 36.2 Å². The highest BCUT2D eigenvalue weighted by atomic mass is 32.2. The van der Waals surface area contributed by atoms with Gasteiger partial charge in [0.2, 0.25) is 5.95 Å². The molecule has 92 valence electrons. The van der Waals surface area contributed by atoms with Gasteiger partial charge >= 0.3 is 0 Å². The molecule has 17 heavy (non-hydrogen) atoms. The molecule has 0 N–H and O–H groups in total. The van der Waals surface area contributed by atoms with Crippen molar-refractivity contribution in [3.05, 3.63) is 34.8 Å². The van der Waals surface area contributed by atoms with Crippen molar-refractivity contribution >= 4 is 17.7 Å². The van der Waals surface area contributed by atoms with Gasteiger partial charge < -0.3 is 4.90 Å². The highest BCUT2D eigenvalue weighted by Gasteiger charge is 2.16. The fourth-order valence-electron chi connectivity index (χ4n) is 1.91. The van der Waals surface area contributed by atoms with Crippen molar-refractivity contribution < 1.29 is 0 Å². The van der Waals surface area contributed by atoms with E-state index in [4.69, 9.17) is 0 Å². The Labute approximate surface area is 105 Å². The van der Waals surface area contributed by atoms with Crippen molar-refractivity contribution in [2.75, 3.05) is 29.5 Å². The number of allylic oxidation sites excluding steroid dienone is 1. The normalized spacial score (nSPS) is 15.9. The molecule has 0 spiro atoms. The summed E-state index contributed by atoms with van der Waals surface area (Å²) >= 11 is 1.94. The van der Waals surface area contributed by atoms with E-state index in [0.29, 0.717) is 6.54 Å². The maximum absolute atomic E-state index is 11.9. The van der Waals surface area contributed by atoms with Crippen LogP contribution in [0.1, 0.15) is 5.69 Å². The Balaban J connectivity index is 2.41. The second-order valence-corrected chi connectivity index (χ2v) is 5.26. The first-order chi connectivity index (χ1) is 8.22. The van der Waals surface area contributed by atoms with E-state index < -0.39 is 0 Å². The molecule has 0 radical (unpaired) electrons. The van der Waals surface area contributed by atoms with Crippen LogP contribution in [0, 0.1) is 6.92 Å². The topological polar surface area (TPSA) is 38.1 Å². The van der Waals surface area contributed by atoms with Gasteiger partial charge in [-0.1, -0.05) is 6.08 Å². The summed E-state index contributed by atoms with van der Waals surface area (Å²) in [5.41, 5.74) is 0.786. The lowest BCUT2D eigenvalue weighted by atomic mass is 10.4. The number of thioether (sulfide) groups is 1. The Morgan fingerprint density at radius 3 is 2.88 bits per heavy atom. The summed E-state index contributed by atoms with van der Waals surface area (Å²) in [6.07, 6.45) is 1.74. The summed E-state index contributed by atoms with van der Waals surface area (Å²) in [7, 11) is 0. The average molecular weight is 251 g/mol. The van der Waals surface area contributed by atoms with E-state index >= 15 is 0 Å². The summed E-state index contributed by atoms with van der Waals surface area (Å²) in [5, 5.41) is 0. The smallest absolute Gasteiger partial charge is 0.255 e. The summed E-state index contributed by atoms with van der Waals surface area (Å²) in [6.45, 7) is 7.99. The maximum Gasteiger partial charge on any atom is 0.255 e. The first kappa shape index (κ1) is 12.2. The summed E-state index contributed by atoms with van der Waals surface area (Å²) in [6, 6.07) is 1.58. The minimum atomic E-state index is 0.00521. The lowest BCUT2D eigenvalue weighted by Crippen LogP contribution is -2.38. The van der Waals surface area contributed by atoms with Gasteiger partial charge in [0.25, 0.3) is 5.56 Å². The molecular weight excluding hydrogens is 234 g/mol. The van der Waals surface area contributed by atoms with Crippen LogP contribution >= 0.6 is 11.8 Å². The third-order valence-corrected chi connectivity index (χ3v) is 3.66. The monoisotopic (exact) mass is 251 g/mol. The molecule has 1 aromatic rings. The largest absolute Gasteiger partial charge is 0.340 e. The third kappa shape index (κ3) is 2.72. The second-order valence-electron chi connectivity index (χ2n) is 4.03. The van der Waals surface area contributed by atoms with Crippen molar-refractivity contribution in [1.29, 1.82) is 0 Å². The SMILES string of the molecule is C=CCn1c(N2CCSCC2)nc(C)cc1=O. The van der Waals surface area contributed by atoms with E-state index in [1.54, 1.807) is 16.7 Å². The van der Waals surface area contributed by atoms with Gasteiger partial charge in [-0.25, -0.2) is 4.98 Å². The summed E-state index contributed by atoms with van der Waals surface area (Å²) < 4.78 is 1.69. The molecule has 0 saturated carbocycles. The molecule has 1 aromatic heterocycles. The van der Waals surface area contributed by atoms with Gasteiger partial charge in [-0.2, -0.15) is 11.8 Å². The van der Waals surface area contributed by atoms with E-state index in [1.807, 2.05) is 18.7 Å². The molecule has 0 amide bonds. The molecule has 0 atom stereocenters. The average Bonchev–Trinajstić information content (AvgIpc) is 2.33. The van der Waals surface area contributed by atoms with Crippen LogP contribution in [0.4, 0.5) is 5.95 Å². The fraction of sp³-hybridized carbons (Fsp3) is 0.500. The number of hydrogen-bond donors (Lipinski definition) is 0. The highest BCUT2D eigenvalue weighted by molar-refractivity contribution is 7.99. The second kappa shape index (κ2) is 5.40. The molecule has 2 heterocycles. The lowest BCUT2D eigenvalue weighted by molar-refractivity contribution is 0.693. The van der Waals surface area contributed by atoms with Crippen LogP contribution in [0.2, 0.25) is 0 Å². The van der Waals surface area contributed by atoms with E-state index in [1.165, 1.54) is 0 Å². The van der Waals surface area contributed by atoms with Crippen molar-refractivity contribution in [2.24, 2.45) is 0 Å². The Morgan fingerprint density at radius 2 is 2.24 bits per heavy atom. The quantitative estimate of drug-likeness (QED) is 0.759. The van der Waals surface area contributed by atoms with E-state index in [9.17, 15) is 4.79 Å². The van der Waals surface area contributed by atoms with E-state index in [-0.39, 0.29) is 5.56 Å². The minimum Gasteiger partial charge on any atom is -0.340 e. The van der Waals surface area contributed by atoms with Crippen molar-refractivity contribution in [3.8, 4) is 0 Å². The predicted octanol–water partition coefficient (Wildman–Crippen LogP) is 1.29. The van der Waals surface area contributed by atoms with Crippen molar-refractivity contribution in [3.63, 3.8) is 0 Å². The molecule has 1 fully saturated rings. The molecular formula is C12H17N3OS. The van der Waals surface area contributed by atoms with Crippen molar-refractivity contribution in [2.45, 2.75) is 13.5 Å². The Morgan fingerprint density at radius 1 is 1.53 bits per heavy atom. The Hall–Kier alpha value is -1.23. The molecule has 1 aliphatic heterocycles. The molecule has 1 aliphatic rings. The Bertz CT molecular complexity index is 463. The zero-order valence-corrected chi connectivity index (χ0v) is 10.9. The number of nitrogens with zero attached hydrogens (tertiary/aromatic N) is 3. The molecule has 4 nitrogen and oxygen atoms in total. The summed E-state index contributed by atoms with van der Waals surface area (Å²) in [5.74, 6) is 2.98. The van der Waals surface area contributed by atoms with E-state index in [2.05, 4.69) is 16.5 Å². The third-order valence-electron chi connectivity index (χ3n) is 2.72. The zero-order valence-electron chi connectivity index (χ0n) is 10.1. The van der Waals surface area contributed by atoms with Gasteiger partial charge in [-0.05, 0) is 6.92 Å². The molecule has 2 rings (SSSR count). The number of rotatable bonds is 3. The van der Waals surface area contributed by atoms with Crippen LogP contribution in [0.5, 0.6) is 0 Å². The molecule has 0 unspecified atom stereocenters. The molecule has 0 bridgehead atoms. The van der Waals surface area contributed by atoms with Gasteiger partial charge in [0.05, 0.1) is 0 Å². The maximum atomic E-state index is 11.9. The van der Waals surface area contributed by atoms with Crippen LogP contribution in [-0.4, -0.2) is 34.1 Å². The van der Waals surface area contributed by atoms with Crippen molar-refractivity contribution in [1.82, 2.24) is 9.55 Å². The van der Waals surface area contributed by atoms with Crippen LogP contribution in [0.15, 0.2) is 23.5 Å². The predicted molar refractivity (Wildman–Crippen MR) is 73.0 cm³/mol. The van der Waals surface area contributed by atoms with Gasteiger partial charge in [0.15, 0.2) is 0 Å². The van der Waals surface area contributed by atoms with Crippen LogP contribution in [0.25, 0.3) is 0 Å². The number of aryl methyl sites for hydroxylation is 1. The Kier molecular flexibility index (Phi) is 3.89. The van der Waals surface area contributed by atoms with Crippen LogP contribution in [0.3, 0.4) is 0 Å². The van der Waals surface area contributed by atoms with Gasteiger partial charge in [-0.15, -0.1) is 6.58 Å². The zero-order chi connectivity index (χ0) is 12.3. The fourth-order valence-corrected chi connectivity index (χ4v) is 2.81. The molecule has 1 saturated heterocycles. The molecule has 0 aliphatic carbocycles. The van der Waals surface area contributed by atoms with Crippen LogP contribution in [-0.2, 0) is 6.54 Å². The molecule has 5 heteroatoms. The standard InChI is InChI=1S/C12H17N3OS/c1-3-4-15-11(16)9-10(2)13-12(15)14-5-7-17-8-6-14/h3,9H,1,4-8H2,2H3. The molecule has 0 aromatic carbocycles. The van der Waals surface area contributed by atoms with Gasteiger partial charge in [-0.3, -0.25) is 9.36 Å². The number of aromatic nitrogens is 2. The van der Waals surface area contributed by atoms with Gasteiger partial charge in [0, 0.05) is 42.9 Å². The number of hydrogen-bond acceptors (Lipinski definition) is 4. The van der Waals surface area contributed by atoms with Crippen LogP contribution < -0.4 is 10.5 Å². The minimum absolute atomic E-state index is 0.00521.